The van der Waals surface area contributed by atoms with Gasteiger partial charge in [-0.05, 0) is 233 Å². The normalized spacial score (nSPS) is 16.2. The Hall–Kier alpha value is -14.3. The van der Waals surface area contributed by atoms with E-state index in [1.165, 1.54) is 38.1 Å². The number of carboxylic acid groups (broad SMARTS) is 1. The van der Waals surface area contributed by atoms with E-state index in [1.54, 1.807) is 84.5 Å². The maximum atomic E-state index is 15.3. The Kier molecular flexibility index (Phi) is 30.5. The molecule has 0 unspecified atom stereocenters. The van der Waals surface area contributed by atoms with Gasteiger partial charge in [0, 0.05) is 130 Å². The number of nitrogens with two attached hydrogens (primary N) is 1. The molecule has 7 atom stereocenters. The van der Waals surface area contributed by atoms with Crippen LogP contribution in [0.3, 0.4) is 0 Å². The lowest BCUT2D eigenvalue weighted by Crippen LogP contribution is -2.25. The highest BCUT2D eigenvalue weighted by molar-refractivity contribution is 5.99. The molecule has 36 heteroatoms. The van der Waals surface area contributed by atoms with Gasteiger partial charge >= 0.3 is 11.9 Å². The molecule has 768 valence electrons. The van der Waals surface area contributed by atoms with Crippen molar-refractivity contribution in [3.05, 3.63) is 282 Å². The molecule has 2 fully saturated rings. The number of esters is 1. The molecule has 4 aliphatic carbocycles. The monoisotopic (exact) mass is 2030 g/mol. The van der Waals surface area contributed by atoms with E-state index in [9.17, 15) is 82.4 Å². The minimum atomic E-state index is -3.42. The van der Waals surface area contributed by atoms with Crippen LogP contribution in [0.1, 0.15) is 253 Å². The molecule has 0 bridgehead atoms. The summed E-state index contributed by atoms with van der Waals surface area (Å²) in [7, 11) is 5.58. The van der Waals surface area contributed by atoms with Crippen LogP contribution in [0.2, 0.25) is 0 Å². The number of ketones is 1. The summed E-state index contributed by atoms with van der Waals surface area (Å²) in [5, 5.41) is 63.2. The number of halogens is 14. The number of carbonyl (C=O) groups is 3. The van der Waals surface area contributed by atoms with E-state index in [0.29, 0.717) is 66.5 Å². The summed E-state index contributed by atoms with van der Waals surface area (Å²) in [4.78, 5) is 52.2. The number of aromatic nitrogens is 13. The Bertz CT molecular complexity index is 7610. The second-order valence-corrected chi connectivity index (χ2v) is 39.9. The maximum absolute atomic E-state index is 15.3. The summed E-state index contributed by atoms with van der Waals surface area (Å²) in [5.74, 6) is -1.50. The minimum Gasteiger partial charge on any atom is -0.480 e. The average molecular weight is 2030 g/mol. The smallest absolute Gasteiger partial charge is 0.325 e. The Morgan fingerprint density at radius 1 is 0.435 bits per heavy atom. The Balaban J connectivity index is 0.000000154. The minimum absolute atomic E-state index is 0.0793. The van der Waals surface area contributed by atoms with Crippen molar-refractivity contribution in [1.29, 1.82) is 0 Å². The first-order valence-electron chi connectivity index (χ1n) is 47.8. The molecule has 0 amide bonds. The first kappa shape index (κ1) is 107. The van der Waals surface area contributed by atoms with Gasteiger partial charge < -0.3 is 30.9 Å². The molecule has 22 nitrogen and oxygen atoms in total. The highest BCUT2D eigenvalue weighted by Crippen LogP contribution is 2.69. The number of aryl methyl sites for hydroxylation is 6. The van der Waals surface area contributed by atoms with E-state index < -0.39 is 177 Å². The SMILES string of the molecule is CCc1nn(C)c2c(-c3ccc(C#CC(C)(C)O)nc3[C@@H](CC(=O)Cn3nc(C(F)F)c4c3C(F)(F)[C@@H]3C[C@H]43)Cc3cc(F)cc(F)c3)cccc12.CCc1nn(C)c2c(-c3ccc(C#CC(C)(C)O)nc3[C@@H](CC(=O)OC(C)(C)C)Cc3cc(F)cc(F)c3)cccc12.CCc1nn(C)c2c(-c3ccc(C#CC(C)(C)O)nc3[C@@H](N)Cc3cc(F)cc(F)c3)cccc12.O=C(O)Cn1nc(C(F)F)c2c1C(F)(F)[C@@H]1C[C@H]21. The number of para-hydroxylation sites is 3. The fraction of sp³-hybridized carbons (Fsp3) is 0.378. The van der Waals surface area contributed by atoms with E-state index in [1.807, 2.05) is 104 Å². The molecule has 6 aromatic carbocycles. The van der Waals surface area contributed by atoms with Crippen LogP contribution in [-0.2, 0) is 104 Å². The van der Waals surface area contributed by atoms with E-state index in [-0.39, 0.29) is 67.3 Å². The zero-order valence-electron chi connectivity index (χ0n) is 83.1. The number of nitrogens with zero attached hydrogens (tertiary/aromatic N) is 13. The van der Waals surface area contributed by atoms with Gasteiger partial charge in [0.2, 0.25) is 0 Å². The maximum Gasteiger partial charge on any atom is 0.325 e. The highest BCUT2D eigenvalue weighted by Gasteiger charge is 2.68. The van der Waals surface area contributed by atoms with E-state index >= 15 is 8.78 Å². The summed E-state index contributed by atoms with van der Waals surface area (Å²) in [6.45, 7) is 19.2. The first-order chi connectivity index (χ1) is 69.1. The van der Waals surface area contributed by atoms with Gasteiger partial charge in [-0.1, -0.05) is 93.1 Å². The fourth-order valence-corrected chi connectivity index (χ4v) is 19.5. The summed E-state index contributed by atoms with van der Waals surface area (Å²) in [6.07, 6.45) is -3.88. The van der Waals surface area contributed by atoms with Crippen molar-refractivity contribution in [2.45, 2.75) is 237 Å². The third-order valence-corrected chi connectivity index (χ3v) is 25.5. The highest BCUT2D eigenvalue weighted by atomic mass is 19.3. The van der Waals surface area contributed by atoms with Crippen LogP contribution >= 0.6 is 0 Å². The van der Waals surface area contributed by atoms with Crippen molar-refractivity contribution in [2.75, 3.05) is 0 Å². The van der Waals surface area contributed by atoms with Gasteiger partial charge in [0.15, 0.2) is 5.78 Å². The molecule has 4 aliphatic rings. The molecule has 8 heterocycles. The lowest BCUT2D eigenvalue weighted by Gasteiger charge is -2.24. The number of fused-ring (bicyclic) bond motifs is 9. The van der Waals surface area contributed by atoms with Gasteiger partial charge in [-0.15, -0.1) is 0 Å². The number of rotatable bonds is 25. The zero-order chi connectivity index (χ0) is 107. The Labute approximate surface area is 838 Å². The number of alkyl halides is 8. The van der Waals surface area contributed by atoms with Crippen molar-refractivity contribution >= 4 is 50.4 Å². The third-order valence-electron chi connectivity index (χ3n) is 25.5. The van der Waals surface area contributed by atoms with Crippen LogP contribution in [0.25, 0.3) is 66.1 Å². The van der Waals surface area contributed by atoms with Gasteiger partial charge in [-0.2, -0.15) is 43.1 Å². The van der Waals surface area contributed by atoms with E-state index in [2.05, 4.69) is 62.8 Å². The number of aliphatic carboxylic acids is 1. The number of hydrogen-bond donors (Lipinski definition) is 5. The van der Waals surface area contributed by atoms with E-state index in [0.717, 1.165) is 115 Å². The zero-order valence-corrected chi connectivity index (χ0v) is 83.1. The predicted molar refractivity (Wildman–Crippen MR) is 524 cm³/mol. The van der Waals surface area contributed by atoms with Crippen LogP contribution in [0.15, 0.2) is 146 Å². The summed E-state index contributed by atoms with van der Waals surface area (Å²) in [6, 6.07) is 37.4. The summed E-state index contributed by atoms with van der Waals surface area (Å²) >= 11 is 0. The largest absolute Gasteiger partial charge is 0.480 e. The van der Waals surface area contributed by atoms with Gasteiger partial charge in [0.05, 0.1) is 63.2 Å². The number of benzene rings is 6. The molecule has 2 saturated carbocycles. The number of pyridine rings is 3. The van der Waals surface area contributed by atoms with Gasteiger partial charge in [-0.3, -0.25) is 37.8 Å². The second kappa shape index (κ2) is 41.9. The second-order valence-electron chi connectivity index (χ2n) is 39.9. The molecule has 0 aliphatic heterocycles. The predicted octanol–water partition coefficient (Wildman–Crippen LogP) is 21.5. The number of aliphatic hydroxyl groups is 3. The first-order valence-corrected chi connectivity index (χ1v) is 47.8. The topological polar surface area (TPSA) is 295 Å². The molecule has 0 saturated heterocycles. The molecule has 18 rings (SSSR count). The van der Waals surface area contributed by atoms with Crippen LogP contribution in [0.5, 0.6) is 0 Å². The summed E-state index contributed by atoms with van der Waals surface area (Å²) < 4.78 is 209. The van der Waals surface area contributed by atoms with Crippen LogP contribution < -0.4 is 5.73 Å². The number of ether oxygens (including phenoxy) is 1. The summed E-state index contributed by atoms with van der Waals surface area (Å²) in [5.41, 5.74) is 12.5. The number of hydrogen-bond acceptors (Lipinski definition) is 16. The van der Waals surface area contributed by atoms with E-state index in [4.69, 9.17) is 35.6 Å². The molecule has 0 radical (unpaired) electrons. The van der Waals surface area contributed by atoms with Crippen LogP contribution in [0.4, 0.5) is 61.5 Å². The quantitative estimate of drug-likeness (QED) is 0.0202. The van der Waals surface area contributed by atoms with Crippen LogP contribution in [0, 0.1) is 82.3 Å². The molecular weight excluding hydrogens is 1920 g/mol. The molecular formula is C111H108F14N14O8. The van der Waals surface area contributed by atoms with Crippen molar-refractivity contribution in [2.24, 2.45) is 38.7 Å². The van der Waals surface area contributed by atoms with Crippen molar-refractivity contribution < 1.29 is 101 Å². The Morgan fingerprint density at radius 2 is 0.755 bits per heavy atom. The fourth-order valence-electron chi connectivity index (χ4n) is 19.5. The molecule has 0 spiro atoms. The molecule has 8 aromatic heterocycles. The molecule has 6 N–H and O–H groups in total. The van der Waals surface area contributed by atoms with Crippen molar-refractivity contribution in [1.82, 2.24) is 63.9 Å². The van der Waals surface area contributed by atoms with Gasteiger partial charge in [-0.25, -0.2) is 58.9 Å². The Morgan fingerprint density at radius 3 is 1.07 bits per heavy atom. The van der Waals surface area contributed by atoms with Crippen molar-refractivity contribution in [3.8, 4) is 68.9 Å². The van der Waals surface area contributed by atoms with Gasteiger partial charge in [0.25, 0.3) is 24.7 Å². The third kappa shape index (κ3) is 24.0. The number of carboxylic acids is 1. The van der Waals surface area contributed by atoms with Crippen molar-refractivity contribution in [3.63, 3.8) is 0 Å². The number of carbonyl (C=O) groups excluding carboxylic acids is 2. The average Bonchev–Trinajstić information content (AvgIpc) is 1.52. The molecule has 14 aromatic rings. The lowest BCUT2D eigenvalue weighted by atomic mass is 9.86. The lowest BCUT2D eigenvalue weighted by molar-refractivity contribution is -0.155. The standard InChI is InChI=1S/C39H35F6N5O2.C34H37F2N3O3.C28H28F2N4O.C10H8F4N2O2/c1-5-31-28-8-6-7-27(35(28)49(4)47-31)26-10-9-24(11-12-38(2,3)52)46-33(26)21(13-20-14-22(40)17-23(41)15-20)16-25(51)19-50-36-32(34(48-50)37(42)43)29-18-30(29)39(36,44)45;1-8-29-28-11-9-10-27(32(28)39(7)38-29)26-13-12-25(14-15-34(5,6)41)37-31(26)22(19-30(40)42-33(2,3)4)16-21-17-23(35)20-24(36)18-21;1-5-25-23-8-6-7-22(27(23)34(4)33-25)21-10-9-20(11-12-28(2,3)35)32-26(21)24(31)15-17-13-18(29)16-19(30)14-17;11-9(12)7-6-3-1-4(3)10(13,14)8(6)16(15-7)2-5(17)18/h6-10,14-15,17,21,29-30,37,52H,5,13,16,18-19H2,1-4H3;9-13,17-18,20,22,41H,8,16,19H2,1-7H3;6-10,13-14,16,24,35H,5,15,31H2,1-4H3;3-4,9H,1-2H2,(H,17,18)/t21-,29+,30-;22-;24-;3-,4+/m1100/s1. The van der Waals surface area contributed by atoms with Gasteiger partial charge in [0.1, 0.15) is 110 Å². The molecule has 147 heavy (non-hydrogen) atoms. The van der Waals surface area contributed by atoms with Crippen LogP contribution in [-0.4, -0.2) is 124 Å². The number of Topliss-reactive ketones (excluding diaryl/α,β-unsaturated/α-hetero) is 1.